The van der Waals surface area contributed by atoms with E-state index in [4.69, 9.17) is 4.42 Å². The van der Waals surface area contributed by atoms with Crippen LogP contribution in [0.4, 0.5) is 13.2 Å². The molecular weight excluding hydrogens is 335 g/mol. The second kappa shape index (κ2) is 6.92. The molecule has 3 rings (SSSR count). The van der Waals surface area contributed by atoms with Crippen molar-refractivity contribution >= 4 is 0 Å². The highest BCUT2D eigenvalue weighted by atomic mass is 19.4. The Balaban J connectivity index is 1.81. The zero-order valence-electron chi connectivity index (χ0n) is 13.4. The SMILES string of the molecule is O=c1cc(CN2CCCC[C@H]2c2ccc(C(F)(F)F)cc2)occ1O. The van der Waals surface area contributed by atoms with E-state index in [0.29, 0.717) is 12.3 Å². The molecule has 1 N–H and O–H groups in total. The van der Waals surface area contributed by atoms with E-state index in [-0.39, 0.29) is 6.04 Å². The van der Waals surface area contributed by atoms with Gasteiger partial charge in [0, 0.05) is 12.1 Å². The van der Waals surface area contributed by atoms with E-state index in [1.807, 2.05) is 0 Å². The Morgan fingerprint density at radius 1 is 1.20 bits per heavy atom. The Morgan fingerprint density at radius 2 is 1.92 bits per heavy atom. The molecule has 134 valence electrons. The van der Waals surface area contributed by atoms with Gasteiger partial charge in [-0.05, 0) is 37.1 Å². The standard InChI is InChI=1S/C18H18F3NO3/c19-18(20,21)13-6-4-12(5-7-13)15-3-1-2-8-22(15)10-14-9-16(23)17(24)11-25-14/h4-7,9,11,15,24H,1-3,8,10H2/t15-/m0/s1. The fourth-order valence-corrected chi connectivity index (χ4v) is 3.18. The molecular formula is C18H18F3NO3. The number of aromatic hydroxyl groups is 1. The van der Waals surface area contributed by atoms with Crippen molar-refractivity contribution in [1.82, 2.24) is 4.90 Å². The summed E-state index contributed by atoms with van der Waals surface area (Å²) in [6.45, 7) is 1.12. The summed E-state index contributed by atoms with van der Waals surface area (Å²) in [5.74, 6) is -0.0247. The lowest BCUT2D eigenvalue weighted by Crippen LogP contribution is -2.33. The quantitative estimate of drug-likeness (QED) is 0.903. The van der Waals surface area contributed by atoms with Crippen molar-refractivity contribution in [2.24, 2.45) is 0 Å². The summed E-state index contributed by atoms with van der Waals surface area (Å²) >= 11 is 0. The lowest BCUT2D eigenvalue weighted by atomic mass is 9.94. The summed E-state index contributed by atoms with van der Waals surface area (Å²) in [5, 5.41) is 9.26. The molecule has 0 spiro atoms. The molecule has 2 heterocycles. The van der Waals surface area contributed by atoms with E-state index in [1.165, 1.54) is 18.2 Å². The first-order valence-corrected chi connectivity index (χ1v) is 8.06. The van der Waals surface area contributed by atoms with Crippen molar-refractivity contribution in [3.8, 4) is 5.75 Å². The van der Waals surface area contributed by atoms with Crippen molar-refractivity contribution in [3.05, 3.63) is 63.7 Å². The van der Waals surface area contributed by atoms with Gasteiger partial charge in [-0.1, -0.05) is 18.6 Å². The third-order valence-corrected chi connectivity index (χ3v) is 4.46. The van der Waals surface area contributed by atoms with Crippen LogP contribution >= 0.6 is 0 Å². The lowest BCUT2D eigenvalue weighted by molar-refractivity contribution is -0.137. The van der Waals surface area contributed by atoms with Gasteiger partial charge in [-0.2, -0.15) is 13.2 Å². The van der Waals surface area contributed by atoms with E-state index in [0.717, 1.165) is 49.8 Å². The average molecular weight is 353 g/mol. The molecule has 0 aliphatic carbocycles. The molecule has 7 heteroatoms. The summed E-state index contributed by atoms with van der Waals surface area (Å²) in [6, 6.07) is 6.44. The third-order valence-electron chi connectivity index (χ3n) is 4.46. The summed E-state index contributed by atoms with van der Waals surface area (Å²) in [5.41, 5.74) is -0.360. The molecule has 0 radical (unpaired) electrons. The number of nitrogens with zero attached hydrogens (tertiary/aromatic N) is 1. The van der Waals surface area contributed by atoms with Crippen LogP contribution < -0.4 is 5.43 Å². The Hall–Kier alpha value is -2.28. The van der Waals surface area contributed by atoms with Gasteiger partial charge in [-0.3, -0.25) is 9.69 Å². The molecule has 25 heavy (non-hydrogen) atoms. The maximum atomic E-state index is 12.7. The van der Waals surface area contributed by atoms with Gasteiger partial charge in [-0.15, -0.1) is 0 Å². The second-order valence-corrected chi connectivity index (χ2v) is 6.20. The van der Waals surface area contributed by atoms with Crippen LogP contribution in [0.25, 0.3) is 0 Å². The van der Waals surface area contributed by atoms with Crippen LogP contribution in [0.1, 0.15) is 42.2 Å². The normalized spacial score (nSPS) is 19.1. The maximum absolute atomic E-state index is 12.7. The third kappa shape index (κ3) is 4.04. The number of piperidine rings is 1. The van der Waals surface area contributed by atoms with E-state index < -0.39 is 22.9 Å². The monoisotopic (exact) mass is 353 g/mol. The predicted molar refractivity (Wildman–Crippen MR) is 85.1 cm³/mol. The van der Waals surface area contributed by atoms with Crippen LogP contribution in [0, 0.1) is 0 Å². The van der Waals surface area contributed by atoms with E-state index >= 15 is 0 Å². The molecule has 1 aliphatic heterocycles. The van der Waals surface area contributed by atoms with Crippen molar-refractivity contribution in [2.75, 3.05) is 6.54 Å². The molecule has 1 aliphatic rings. The molecule has 1 aromatic heterocycles. The van der Waals surface area contributed by atoms with Crippen LogP contribution in [0.3, 0.4) is 0 Å². The van der Waals surface area contributed by atoms with Crippen LogP contribution in [-0.4, -0.2) is 16.6 Å². The second-order valence-electron chi connectivity index (χ2n) is 6.20. The van der Waals surface area contributed by atoms with Gasteiger partial charge in [0.05, 0.1) is 12.1 Å². The van der Waals surface area contributed by atoms with E-state index in [9.17, 15) is 23.1 Å². The minimum absolute atomic E-state index is 0.0323. The van der Waals surface area contributed by atoms with Gasteiger partial charge in [-0.25, -0.2) is 0 Å². The molecule has 1 aromatic carbocycles. The van der Waals surface area contributed by atoms with Crippen molar-refractivity contribution < 1.29 is 22.7 Å². The Kier molecular flexibility index (Phi) is 4.85. The first-order chi connectivity index (χ1) is 11.8. The maximum Gasteiger partial charge on any atom is 0.416 e. The molecule has 2 aromatic rings. The van der Waals surface area contributed by atoms with Crippen LogP contribution in [0.2, 0.25) is 0 Å². The van der Waals surface area contributed by atoms with Crippen molar-refractivity contribution in [1.29, 1.82) is 0 Å². The first kappa shape index (κ1) is 17.5. The number of hydrogen-bond acceptors (Lipinski definition) is 4. The van der Waals surface area contributed by atoms with Gasteiger partial charge in [0.2, 0.25) is 5.43 Å². The number of benzene rings is 1. The zero-order valence-corrected chi connectivity index (χ0v) is 13.4. The smallest absolute Gasteiger partial charge is 0.416 e. The van der Waals surface area contributed by atoms with Gasteiger partial charge in [0.1, 0.15) is 12.0 Å². The van der Waals surface area contributed by atoms with Gasteiger partial charge in [0.15, 0.2) is 5.75 Å². The topological polar surface area (TPSA) is 53.7 Å². The van der Waals surface area contributed by atoms with Crippen LogP contribution in [0.5, 0.6) is 5.75 Å². The average Bonchev–Trinajstić information content (AvgIpc) is 2.58. The number of likely N-dealkylation sites (tertiary alicyclic amines) is 1. The minimum atomic E-state index is -4.35. The van der Waals surface area contributed by atoms with Crippen LogP contribution in [-0.2, 0) is 12.7 Å². The number of halogens is 3. The van der Waals surface area contributed by atoms with Gasteiger partial charge < -0.3 is 9.52 Å². The molecule has 0 unspecified atom stereocenters. The van der Waals surface area contributed by atoms with Crippen molar-refractivity contribution in [3.63, 3.8) is 0 Å². The van der Waals surface area contributed by atoms with E-state index in [1.54, 1.807) is 0 Å². The molecule has 4 nitrogen and oxygen atoms in total. The lowest BCUT2D eigenvalue weighted by Gasteiger charge is -2.35. The zero-order chi connectivity index (χ0) is 18.0. The fraction of sp³-hybridized carbons (Fsp3) is 0.389. The summed E-state index contributed by atoms with van der Waals surface area (Å²) in [6.07, 6.45) is -0.552. The predicted octanol–water partition coefficient (Wildman–Crippen LogP) is 4.09. The highest BCUT2D eigenvalue weighted by molar-refractivity contribution is 5.27. The minimum Gasteiger partial charge on any atom is -0.502 e. The van der Waals surface area contributed by atoms with Gasteiger partial charge in [0.25, 0.3) is 0 Å². The summed E-state index contributed by atoms with van der Waals surface area (Å²) < 4.78 is 43.4. The molecule has 0 amide bonds. The van der Waals surface area contributed by atoms with Crippen molar-refractivity contribution in [2.45, 2.75) is 38.0 Å². The summed E-state index contributed by atoms with van der Waals surface area (Å²) in [4.78, 5) is 13.6. The highest BCUT2D eigenvalue weighted by Crippen LogP contribution is 2.34. The largest absolute Gasteiger partial charge is 0.502 e. The number of rotatable bonds is 3. The van der Waals surface area contributed by atoms with E-state index in [2.05, 4.69) is 4.90 Å². The molecule has 1 saturated heterocycles. The number of alkyl halides is 3. The first-order valence-electron chi connectivity index (χ1n) is 8.06. The Morgan fingerprint density at radius 3 is 2.56 bits per heavy atom. The van der Waals surface area contributed by atoms with Gasteiger partial charge >= 0.3 is 6.18 Å². The Labute approximate surface area is 142 Å². The highest BCUT2D eigenvalue weighted by Gasteiger charge is 2.31. The molecule has 0 bridgehead atoms. The number of hydrogen-bond donors (Lipinski definition) is 1. The Bertz CT molecular complexity index is 783. The summed E-state index contributed by atoms with van der Waals surface area (Å²) in [7, 11) is 0. The molecule has 0 saturated carbocycles. The fourth-order valence-electron chi connectivity index (χ4n) is 3.18. The molecule has 1 atom stereocenters. The molecule has 1 fully saturated rings. The van der Waals surface area contributed by atoms with Crippen LogP contribution in [0.15, 0.2) is 45.8 Å².